The van der Waals surface area contributed by atoms with Crippen LogP contribution in [0.4, 0.5) is 5.69 Å². The summed E-state index contributed by atoms with van der Waals surface area (Å²) in [6.07, 6.45) is 1.03. The number of hydrogen-bond acceptors (Lipinski definition) is 5. The van der Waals surface area contributed by atoms with Crippen molar-refractivity contribution in [2.75, 3.05) is 24.9 Å². The summed E-state index contributed by atoms with van der Waals surface area (Å²) >= 11 is 1.15. The Balaban J connectivity index is 2.18. The van der Waals surface area contributed by atoms with Gasteiger partial charge in [0.05, 0.1) is 12.8 Å². The van der Waals surface area contributed by atoms with Crippen LogP contribution >= 0.6 is 11.3 Å². The zero-order valence-electron chi connectivity index (χ0n) is 12.3. The summed E-state index contributed by atoms with van der Waals surface area (Å²) < 4.78 is 33.6. The Morgan fingerprint density at radius 1 is 1.38 bits per heavy atom. The van der Waals surface area contributed by atoms with E-state index in [9.17, 15) is 13.2 Å². The van der Waals surface area contributed by atoms with Gasteiger partial charge < -0.3 is 4.74 Å². The van der Waals surface area contributed by atoms with E-state index in [0.717, 1.165) is 17.8 Å². The number of carbonyl (C=O) groups excluding carboxylic acids is 1. The Bertz CT molecular complexity index is 601. The SMILES string of the molecule is COC(=O)c1sccc1NS(=O)(=O)N1CC(C)CC(C)C1. The van der Waals surface area contributed by atoms with Crippen LogP contribution in [0.3, 0.4) is 0 Å². The van der Waals surface area contributed by atoms with Crippen LogP contribution in [0.5, 0.6) is 0 Å². The molecule has 1 aliphatic heterocycles. The summed E-state index contributed by atoms with van der Waals surface area (Å²) in [7, 11) is -2.38. The third-order valence-corrected chi connectivity index (χ3v) is 5.80. The molecule has 0 amide bonds. The second kappa shape index (κ2) is 6.33. The van der Waals surface area contributed by atoms with E-state index >= 15 is 0 Å². The maximum Gasteiger partial charge on any atom is 0.350 e. The highest BCUT2D eigenvalue weighted by Crippen LogP contribution is 2.27. The fraction of sp³-hybridized carbons (Fsp3) is 0.615. The molecule has 0 aromatic carbocycles. The van der Waals surface area contributed by atoms with Crippen molar-refractivity contribution < 1.29 is 17.9 Å². The summed E-state index contributed by atoms with van der Waals surface area (Å²) in [4.78, 5) is 11.9. The van der Waals surface area contributed by atoms with Gasteiger partial charge in [0.1, 0.15) is 4.88 Å². The van der Waals surface area contributed by atoms with Crippen LogP contribution in [0.1, 0.15) is 29.9 Å². The van der Waals surface area contributed by atoms with Gasteiger partial charge >= 0.3 is 16.2 Å². The lowest BCUT2D eigenvalue weighted by Crippen LogP contribution is -2.45. The molecule has 2 heterocycles. The molecule has 0 spiro atoms. The van der Waals surface area contributed by atoms with E-state index in [1.165, 1.54) is 11.4 Å². The second-order valence-electron chi connectivity index (χ2n) is 5.53. The zero-order valence-corrected chi connectivity index (χ0v) is 14.0. The summed E-state index contributed by atoms with van der Waals surface area (Å²) in [6, 6.07) is 1.57. The quantitative estimate of drug-likeness (QED) is 0.858. The summed E-state index contributed by atoms with van der Waals surface area (Å²) in [5.74, 6) is 0.115. The van der Waals surface area contributed by atoms with E-state index in [2.05, 4.69) is 9.46 Å². The van der Waals surface area contributed by atoms with Gasteiger partial charge in [-0.15, -0.1) is 11.3 Å². The second-order valence-corrected chi connectivity index (χ2v) is 8.11. The van der Waals surface area contributed by atoms with Crippen LogP contribution in [0.25, 0.3) is 0 Å². The standard InChI is InChI=1S/C13H20N2O4S2/c1-9-6-10(2)8-15(7-9)21(17,18)14-11-4-5-20-12(11)13(16)19-3/h4-5,9-10,14H,6-8H2,1-3H3. The first kappa shape index (κ1) is 16.3. The number of piperidine rings is 1. The molecule has 1 aliphatic rings. The number of thiophene rings is 1. The van der Waals surface area contributed by atoms with E-state index in [4.69, 9.17) is 0 Å². The molecule has 0 aliphatic carbocycles. The first-order valence-electron chi connectivity index (χ1n) is 6.77. The lowest BCUT2D eigenvalue weighted by molar-refractivity contribution is 0.0607. The zero-order chi connectivity index (χ0) is 15.6. The molecule has 2 unspecified atom stereocenters. The van der Waals surface area contributed by atoms with Crippen molar-refractivity contribution in [2.24, 2.45) is 11.8 Å². The Hall–Kier alpha value is -1.12. The fourth-order valence-corrected chi connectivity index (χ4v) is 4.95. The van der Waals surface area contributed by atoms with Gasteiger partial charge in [0.2, 0.25) is 0 Å². The number of rotatable bonds is 4. The molecule has 118 valence electrons. The predicted octanol–water partition coefficient (Wildman–Crippen LogP) is 2.17. The smallest absolute Gasteiger partial charge is 0.350 e. The molecule has 8 heteroatoms. The number of carbonyl (C=O) groups is 1. The Labute approximate surface area is 129 Å². The number of nitrogens with zero attached hydrogens (tertiary/aromatic N) is 1. The molecule has 6 nitrogen and oxygen atoms in total. The first-order chi connectivity index (χ1) is 9.83. The first-order valence-corrected chi connectivity index (χ1v) is 9.09. The van der Waals surface area contributed by atoms with E-state index in [1.807, 2.05) is 13.8 Å². The van der Waals surface area contributed by atoms with Gasteiger partial charge in [-0.3, -0.25) is 4.72 Å². The molecular weight excluding hydrogens is 312 g/mol. The van der Waals surface area contributed by atoms with Gasteiger partial charge in [-0.05, 0) is 29.7 Å². The molecule has 0 bridgehead atoms. The minimum absolute atomic E-state index is 0.263. The molecule has 1 N–H and O–H groups in total. The third-order valence-electron chi connectivity index (χ3n) is 3.45. The van der Waals surface area contributed by atoms with Crippen molar-refractivity contribution in [3.8, 4) is 0 Å². The van der Waals surface area contributed by atoms with Crippen molar-refractivity contribution in [3.63, 3.8) is 0 Å². The molecule has 0 saturated carbocycles. The molecule has 2 rings (SSSR count). The van der Waals surface area contributed by atoms with E-state index in [1.54, 1.807) is 11.4 Å². The minimum atomic E-state index is -3.65. The molecule has 1 saturated heterocycles. The van der Waals surface area contributed by atoms with Gasteiger partial charge in [-0.2, -0.15) is 12.7 Å². The van der Waals surface area contributed by atoms with E-state index < -0.39 is 16.2 Å². The Kier molecular flexibility index (Phi) is 4.90. The van der Waals surface area contributed by atoms with Crippen molar-refractivity contribution in [3.05, 3.63) is 16.3 Å². The van der Waals surface area contributed by atoms with Crippen molar-refractivity contribution in [1.29, 1.82) is 0 Å². The number of anilines is 1. The molecule has 1 fully saturated rings. The van der Waals surface area contributed by atoms with Crippen LogP contribution in [-0.2, 0) is 14.9 Å². The average Bonchev–Trinajstić information content (AvgIpc) is 2.84. The molecule has 1 aromatic rings. The predicted molar refractivity (Wildman–Crippen MR) is 82.7 cm³/mol. The van der Waals surface area contributed by atoms with Gasteiger partial charge in [0.15, 0.2) is 0 Å². The van der Waals surface area contributed by atoms with Gasteiger partial charge in [-0.25, -0.2) is 4.79 Å². The average molecular weight is 332 g/mol. The van der Waals surface area contributed by atoms with Crippen LogP contribution in [-0.4, -0.2) is 38.9 Å². The van der Waals surface area contributed by atoms with E-state index in [-0.39, 0.29) is 10.6 Å². The fourth-order valence-electron chi connectivity index (χ4n) is 2.65. The number of ether oxygens (including phenoxy) is 1. The van der Waals surface area contributed by atoms with Crippen molar-refractivity contribution in [1.82, 2.24) is 4.31 Å². The third kappa shape index (κ3) is 3.75. The Morgan fingerprint density at radius 3 is 2.57 bits per heavy atom. The lowest BCUT2D eigenvalue weighted by atomic mass is 9.94. The number of hydrogen-bond donors (Lipinski definition) is 1. The maximum absolute atomic E-state index is 12.5. The van der Waals surface area contributed by atoms with Gasteiger partial charge in [0.25, 0.3) is 0 Å². The summed E-state index contributed by atoms with van der Waals surface area (Å²) in [5.41, 5.74) is 0.276. The van der Waals surface area contributed by atoms with Crippen LogP contribution in [0.15, 0.2) is 11.4 Å². The molecular formula is C13H20N2O4S2. The van der Waals surface area contributed by atoms with E-state index in [0.29, 0.717) is 24.9 Å². The largest absolute Gasteiger partial charge is 0.465 e. The van der Waals surface area contributed by atoms with Crippen LogP contribution in [0.2, 0.25) is 0 Å². The van der Waals surface area contributed by atoms with Crippen LogP contribution < -0.4 is 4.72 Å². The topological polar surface area (TPSA) is 75.7 Å². The van der Waals surface area contributed by atoms with Crippen molar-refractivity contribution in [2.45, 2.75) is 20.3 Å². The lowest BCUT2D eigenvalue weighted by Gasteiger charge is -2.34. The highest BCUT2D eigenvalue weighted by Gasteiger charge is 2.31. The number of nitrogens with one attached hydrogen (secondary N) is 1. The van der Waals surface area contributed by atoms with Crippen LogP contribution in [0, 0.1) is 11.8 Å². The molecule has 21 heavy (non-hydrogen) atoms. The normalized spacial score (nSPS) is 23.8. The van der Waals surface area contributed by atoms with Gasteiger partial charge in [-0.1, -0.05) is 13.8 Å². The monoisotopic (exact) mass is 332 g/mol. The maximum atomic E-state index is 12.5. The highest BCUT2D eigenvalue weighted by molar-refractivity contribution is 7.90. The number of esters is 1. The van der Waals surface area contributed by atoms with Crippen molar-refractivity contribution >= 4 is 33.2 Å². The summed E-state index contributed by atoms with van der Waals surface area (Å²) in [6.45, 7) is 5.08. The minimum Gasteiger partial charge on any atom is -0.465 e. The molecule has 1 aromatic heterocycles. The van der Waals surface area contributed by atoms with Gasteiger partial charge in [0, 0.05) is 13.1 Å². The highest BCUT2D eigenvalue weighted by atomic mass is 32.2. The molecule has 2 atom stereocenters. The summed E-state index contributed by atoms with van der Waals surface area (Å²) in [5, 5.41) is 1.66. The number of methoxy groups -OCH3 is 1. The Morgan fingerprint density at radius 2 is 2.00 bits per heavy atom. The molecule has 0 radical (unpaired) electrons.